The lowest BCUT2D eigenvalue weighted by Crippen LogP contribution is -2.39. The van der Waals surface area contributed by atoms with Crippen LogP contribution in [0.4, 0.5) is 0 Å². The Balaban J connectivity index is 2.55. The molecule has 0 aromatic carbocycles. The van der Waals surface area contributed by atoms with Crippen molar-refractivity contribution in [3.8, 4) is 0 Å². The molecule has 0 aromatic heterocycles. The van der Waals surface area contributed by atoms with Gasteiger partial charge in [-0.2, -0.15) is 0 Å². The van der Waals surface area contributed by atoms with Gasteiger partial charge in [-0.1, -0.05) is 6.92 Å². The second kappa shape index (κ2) is 3.12. The number of hydrogen-bond acceptors (Lipinski definition) is 3. The molecule has 1 aliphatic rings. The number of nitrogens with two attached hydrogens (primary N) is 1. The average Bonchev–Trinajstić information content (AvgIpc) is 2.04. The van der Waals surface area contributed by atoms with E-state index >= 15 is 0 Å². The minimum Gasteiger partial charge on any atom is -0.320 e. The maximum atomic E-state index is 11.2. The summed E-state index contributed by atoms with van der Waals surface area (Å²) in [6, 6.07) is -0.280. The SMILES string of the molecule is CC1CCNCC(N)C1=O. The van der Waals surface area contributed by atoms with Gasteiger partial charge in [-0.05, 0) is 13.0 Å². The van der Waals surface area contributed by atoms with E-state index in [1.54, 1.807) is 0 Å². The summed E-state index contributed by atoms with van der Waals surface area (Å²) in [5.41, 5.74) is 5.56. The molecular formula is C7H14N2O. The first-order chi connectivity index (χ1) is 4.72. The number of ketones is 1. The number of nitrogens with one attached hydrogen (secondary N) is 1. The second-order valence-electron chi connectivity index (χ2n) is 2.90. The summed E-state index contributed by atoms with van der Waals surface area (Å²) in [5.74, 6) is 0.343. The van der Waals surface area contributed by atoms with Gasteiger partial charge in [0.25, 0.3) is 0 Å². The van der Waals surface area contributed by atoms with Gasteiger partial charge in [0.15, 0.2) is 5.78 Å². The van der Waals surface area contributed by atoms with Crippen LogP contribution < -0.4 is 11.1 Å². The van der Waals surface area contributed by atoms with E-state index in [1.807, 2.05) is 6.92 Å². The van der Waals surface area contributed by atoms with Gasteiger partial charge in [0.1, 0.15) is 0 Å². The molecule has 58 valence electrons. The van der Waals surface area contributed by atoms with Crippen LogP contribution in [0.3, 0.4) is 0 Å². The Hall–Kier alpha value is -0.410. The van der Waals surface area contributed by atoms with E-state index in [-0.39, 0.29) is 17.7 Å². The predicted octanol–water partition coefficient (Wildman–Crippen LogP) is -0.488. The molecule has 10 heavy (non-hydrogen) atoms. The molecule has 2 atom stereocenters. The second-order valence-corrected chi connectivity index (χ2v) is 2.90. The summed E-state index contributed by atoms with van der Waals surface area (Å²) in [6.07, 6.45) is 0.923. The van der Waals surface area contributed by atoms with E-state index in [0.717, 1.165) is 13.0 Å². The van der Waals surface area contributed by atoms with Crippen molar-refractivity contribution in [1.29, 1.82) is 0 Å². The molecule has 0 saturated carbocycles. The van der Waals surface area contributed by atoms with Gasteiger partial charge in [-0.15, -0.1) is 0 Å². The van der Waals surface area contributed by atoms with Crippen molar-refractivity contribution in [2.45, 2.75) is 19.4 Å². The Morgan fingerprint density at radius 1 is 1.70 bits per heavy atom. The fraction of sp³-hybridized carbons (Fsp3) is 0.857. The monoisotopic (exact) mass is 142 g/mol. The molecule has 1 rings (SSSR count). The third-order valence-electron chi connectivity index (χ3n) is 1.97. The van der Waals surface area contributed by atoms with E-state index in [4.69, 9.17) is 5.73 Å². The van der Waals surface area contributed by atoms with Crippen molar-refractivity contribution in [2.75, 3.05) is 13.1 Å². The van der Waals surface area contributed by atoms with E-state index in [9.17, 15) is 4.79 Å². The Bertz CT molecular complexity index is 122. The summed E-state index contributed by atoms with van der Waals surface area (Å²) < 4.78 is 0. The minimum absolute atomic E-state index is 0.144. The molecule has 1 aliphatic heterocycles. The number of Topliss-reactive ketones (excluding diaryl/α,β-unsaturated/α-hetero) is 1. The number of carbonyl (C=O) groups is 1. The molecule has 2 unspecified atom stereocenters. The molecule has 0 aromatic rings. The maximum absolute atomic E-state index is 11.2. The van der Waals surface area contributed by atoms with Crippen molar-refractivity contribution >= 4 is 5.78 Å². The molecule has 3 N–H and O–H groups in total. The summed E-state index contributed by atoms with van der Waals surface area (Å²) in [6.45, 7) is 3.50. The van der Waals surface area contributed by atoms with Gasteiger partial charge >= 0.3 is 0 Å². The van der Waals surface area contributed by atoms with Gasteiger partial charge in [-0.3, -0.25) is 4.79 Å². The Morgan fingerprint density at radius 2 is 2.40 bits per heavy atom. The first-order valence-electron chi connectivity index (χ1n) is 3.72. The molecule has 1 fully saturated rings. The highest BCUT2D eigenvalue weighted by atomic mass is 16.1. The van der Waals surface area contributed by atoms with Gasteiger partial charge in [-0.25, -0.2) is 0 Å². The van der Waals surface area contributed by atoms with Crippen LogP contribution in [0.5, 0.6) is 0 Å². The van der Waals surface area contributed by atoms with Gasteiger partial charge in [0, 0.05) is 12.5 Å². The fourth-order valence-electron chi connectivity index (χ4n) is 1.18. The summed E-state index contributed by atoms with van der Waals surface area (Å²) in [5, 5.41) is 3.11. The van der Waals surface area contributed by atoms with E-state index in [2.05, 4.69) is 5.32 Å². The molecule has 0 spiro atoms. The molecule has 0 amide bonds. The summed E-state index contributed by atoms with van der Waals surface area (Å²) >= 11 is 0. The largest absolute Gasteiger partial charge is 0.320 e. The normalized spacial score (nSPS) is 35.6. The van der Waals surface area contributed by atoms with E-state index in [0.29, 0.717) is 6.54 Å². The zero-order valence-electron chi connectivity index (χ0n) is 6.26. The smallest absolute Gasteiger partial charge is 0.153 e. The fourth-order valence-corrected chi connectivity index (χ4v) is 1.18. The predicted molar refractivity (Wildman–Crippen MR) is 39.6 cm³/mol. The lowest BCUT2D eigenvalue weighted by molar-refractivity contribution is -0.123. The quantitative estimate of drug-likeness (QED) is 0.480. The molecule has 1 heterocycles. The minimum atomic E-state index is -0.280. The Morgan fingerprint density at radius 3 is 3.10 bits per heavy atom. The van der Waals surface area contributed by atoms with Crippen molar-refractivity contribution < 1.29 is 4.79 Å². The molecule has 0 radical (unpaired) electrons. The lowest BCUT2D eigenvalue weighted by Gasteiger charge is -2.08. The van der Waals surface area contributed by atoms with Crippen LogP contribution in [0.1, 0.15) is 13.3 Å². The van der Waals surface area contributed by atoms with Gasteiger partial charge < -0.3 is 11.1 Å². The van der Waals surface area contributed by atoms with Crippen LogP contribution in [-0.4, -0.2) is 24.9 Å². The third kappa shape index (κ3) is 1.55. The first kappa shape index (κ1) is 7.69. The highest BCUT2D eigenvalue weighted by Crippen LogP contribution is 2.06. The highest BCUT2D eigenvalue weighted by Gasteiger charge is 2.22. The summed E-state index contributed by atoms with van der Waals surface area (Å²) in [7, 11) is 0. The molecule has 3 nitrogen and oxygen atoms in total. The Kier molecular flexibility index (Phi) is 2.40. The van der Waals surface area contributed by atoms with Crippen LogP contribution in [0.2, 0.25) is 0 Å². The molecule has 1 saturated heterocycles. The third-order valence-corrected chi connectivity index (χ3v) is 1.97. The maximum Gasteiger partial charge on any atom is 0.153 e. The van der Waals surface area contributed by atoms with E-state index in [1.165, 1.54) is 0 Å². The molecular weight excluding hydrogens is 128 g/mol. The summed E-state index contributed by atoms with van der Waals surface area (Å²) in [4.78, 5) is 11.2. The average molecular weight is 142 g/mol. The van der Waals surface area contributed by atoms with E-state index < -0.39 is 0 Å². The molecule has 0 bridgehead atoms. The van der Waals surface area contributed by atoms with Gasteiger partial charge in [0.2, 0.25) is 0 Å². The van der Waals surface area contributed by atoms with Crippen LogP contribution in [-0.2, 0) is 4.79 Å². The van der Waals surface area contributed by atoms with Crippen molar-refractivity contribution in [2.24, 2.45) is 11.7 Å². The number of carbonyl (C=O) groups excluding carboxylic acids is 1. The topological polar surface area (TPSA) is 55.1 Å². The Labute approximate surface area is 61.0 Å². The van der Waals surface area contributed by atoms with Crippen molar-refractivity contribution in [3.05, 3.63) is 0 Å². The molecule has 3 heteroatoms. The first-order valence-corrected chi connectivity index (χ1v) is 3.72. The number of rotatable bonds is 0. The van der Waals surface area contributed by atoms with Crippen molar-refractivity contribution in [3.63, 3.8) is 0 Å². The van der Waals surface area contributed by atoms with Crippen LogP contribution in [0.15, 0.2) is 0 Å². The zero-order valence-corrected chi connectivity index (χ0v) is 6.26. The van der Waals surface area contributed by atoms with Crippen molar-refractivity contribution in [1.82, 2.24) is 5.32 Å². The van der Waals surface area contributed by atoms with Gasteiger partial charge in [0.05, 0.1) is 6.04 Å². The highest BCUT2D eigenvalue weighted by molar-refractivity contribution is 5.86. The van der Waals surface area contributed by atoms with Crippen LogP contribution in [0.25, 0.3) is 0 Å². The lowest BCUT2D eigenvalue weighted by atomic mass is 9.99. The van der Waals surface area contributed by atoms with Crippen LogP contribution in [0, 0.1) is 5.92 Å². The number of hydrogen-bond donors (Lipinski definition) is 2. The standard InChI is InChI=1S/C7H14N2O/c1-5-2-3-9-4-6(8)7(5)10/h5-6,9H,2-4,8H2,1H3. The molecule has 0 aliphatic carbocycles. The zero-order chi connectivity index (χ0) is 7.56. The van der Waals surface area contributed by atoms with Crippen LogP contribution >= 0.6 is 0 Å².